The van der Waals surface area contributed by atoms with E-state index in [-0.39, 0.29) is 17.5 Å². The van der Waals surface area contributed by atoms with E-state index in [4.69, 9.17) is 23.2 Å². The summed E-state index contributed by atoms with van der Waals surface area (Å²) in [4.78, 5) is 17.1. The first-order valence-corrected chi connectivity index (χ1v) is 11.8. The van der Waals surface area contributed by atoms with Crippen molar-refractivity contribution in [1.29, 1.82) is 5.26 Å². The topological polar surface area (TPSA) is 59.4 Å². The lowest BCUT2D eigenvalue weighted by Crippen LogP contribution is -2.50. The summed E-state index contributed by atoms with van der Waals surface area (Å²) in [6.07, 6.45) is 1.42. The molecular formula is C27H24Cl2N4O. The Labute approximate surface area is 209 Å². The summed E-state index contributed by atoms with van der Waals surface area (Å²) in [6.45, 7) is 2.50. The first kappa shape index (κ1) is 23.8. The number of rotatable bonds is 6. The number of carbonyl (C=O) groups excluding carboxylic acids is 1. The number of nitrogens with one attached hydrogen (secondary N) is 1. The fraction of sp³-hybridized carbons (Fsp3) is 0.185. The van der Waals surface area contributed by atoms with Gasteiger partial charge in [-0.3, -0.25) is 9.69 Å². The van der Waals surface area contributed by atoms with Gasteiger partial charge >= 0.3 is 0 Å². The highest BCUT2D eigenvalue weighted by Gasteiger charge is 2.29. The van der Waals surface area contributed by atoms with E-state index in [0.29, 0.717) is 41.9 Å². The van der Waals surface area contributed by atoms with Gasteiger partial charge in [0.25, 0.3) is 5.91 Å². The zero-order valence-electron chi connectivity index (χ0n) is 18.5. The largest absolute Gasteiger partial charge is 0.360 e. The predicted molar refractivity (Wildman–Crippen MR) is 137 cm³/mol. The molecule has 34 heavy (non-hydrogen) atoms. The van der Waals surface area contributed by atoms with Crippen molar-refractivity contribution < 1.29 is 4.79 Å². The summed E-state index contributed by atoms with van der Waals surface area (Å²) in [6, 6.07) is 28.0. The van der Waals surface area contributed by atoms with Gasteiger partial charge in [0, 0.05) is 38.1 Å². The molecule has 1 heterocycles. The van der Waals surface area contributed by atoms with Crippen molar-refractivity contribution in [3.05, 3.63) is 112 Å². The van der Waals surface area contributed by atoms with E-state index >= 15 is 0 Å². The van der Waals surface area contributed by atoms with Crippen LogP contribution in [0.2, 0.25) is 10.0 Å². The number of anilines is 1. The number of nitriles is 1. The van der Waals surface area contributed by atoms with Crippen LogP contribution < -0.4 is 5.32 Å². The molecule has 3 aromatic rings. The lowest BCUT2D eigenvalue weighted by Gasteiger charge is -2.39. The van der Waals surface area contributed by atoms with Crippen LogP contribution in [0.15, 0.2) is 90.6 Å². The standard InChI is InChI=1S/C27H24Cl2N4O/c28-24-12-11-23(17-25(24)29)31-19-22(18-30)27(34)33-15-13-32(14-16-33)26(20-7-3-1-4-8-20)21-9-5-2-6-10-21/h1-12,17,19,26,31H,13-16H2/b22-19-. The molecule has 0 radical (unpaired) electrons. The zero-order valence-corrected chi connectivity index (χ0v) is 20.0. The van der Waals surface area contributed by atoms with E-state index in [1.165, 1.54) is 17.3 Å². The van der Waals surface area contributed by atoms with Gasteiger partial charge < -0.3 is 10.2 Å². The molecule has 1 aliphatic heterocycles. The van der Waals surface area contributed by atoms with Crippen LogP contribution in [0.1, 0.15) is 17.2 Å². The molecule has 1 aliphatic rings. The summed E-state index contributed by atoms with van der Waals surface area (Å²) < 4.78 is 0. The summed E-state index contributed by atoms with van der Waals surface area (Å²) in [5, 5.41) is 13.4. The molecule has 0 bridgehead atoms. The van der Waals surface area contributed by atoms with E-state index in [1.54, 1.807) is 23.1 Å². The Hall–Kier alpha value is -3.30. The molecule has 0 saturated carbocycles. The first-order valence-electron chi connectivity index (χ1n) is 11.0. The Morgan fingerprint density at radius 1 is 0.882 bits per heavy atom. The van der Waals surface area contributed by atoms with Crippen LogP contribution in [0.3, 0.4) is 0 Å². The molecular weight excluding hydrogens is 467 g/mol. The van der Waals surface area contributed by atoms with Gasteiger partial charge in [0.15, 0.2) is 0 Å². The van der Waals surface area contributed by atoms with Crippen molar-refractivity contribution in [1.82, 2.24) is 9.80 Å². The van der Waals surface area contributed by atoms with Crippen molar-refractivity contribution in [2.75, 3.05) is 31.5 Å². The monoisotopic (exact) mass is 490 g/mol. The summed E-state index contributed by atoms with van der Waals surface area (Å²) in [5.74, 6) is -0.286. The predicted octanol–water partition coefficient (Wildman–Crippen LogP) is 5.75. The van der Waals surface area contributed by atoms with Crippen LogP contribution in [0.5, 0.6) is 0 Å². The number of carbonyl (C=O) groups is 1. The van der Waals surface area contributed by atoms with Crippen molar-refractivity contribution in [2.45, 2.75) is 6.04 Å². The molecule has 1 fully saturated rings. The molecule has 0 atom stereocenters. The summed E-state index contributed by atoms with van der Waals surface area (Å²) in [5.41, 5.74) is 3.13. The van der Waals surface area contributed by atoms with E-state index in [1.807, 2.05) is 18.2 Å². The average molecular weight is 491 g/mol. The molecule has 3 aromatic carbocycles. The van der Waals surface area contributed by atoms with Crippen LogP contribution in [0.25, 0.3) is 0 Å². The molecule has 172 valence electrons. The molecule has 4 rings (SSSR count). The number of hydrogen-bond acceptors (Lipinski definition) is 4. The Bertz CT molecular complexity index is 1160. The van der Waals surface area contributed by atoms with E-state index < -0.39 is 0 Å². The van der Waals surface area contributed by atoms with Crippen molar-refractivity contribution in [3.8, 4) is 6.07 Å². The number of piperazine rings is 1. The molecule has 1 N–H and O–H groups in total. The van der Waals surface area contributed by atoms with Crippen molar-refractivity contribution >= 4 is 34.8 Å². The molecule has 0 unspecified atom stereocenters. The quantitative estimate of drug-likeness (QED) is 0.353. The first-order chi connectivity index (χ1) is 16.6. The van der Waals surface area contributed by atoms with E-state index in [9.17, 15) is 10.1 Å². The minimum absolute atomic E-state index is 0.0437. The van der Waals surface area contributed by atoms with Crippen LogP contribution in [0.4, 0.5) is 5.69 Å². The highest BCUT2D eigenvalue weighted by molar-refractivity contribution is 6.42. The van der Waals surface area contributed by atoms with Crippen LogP contribution in [-0.2, 0) is 4.79 Å². The Kier molecular flexibility index (Phi) is 7.87. The molecule has 5 nitrogen and oxygen atoms in total. The second kappa shape index (κ2) is 11.2. The van der Waals surface area contributed by atoms with Gasteiger partial charge in [-0.05, 0) is 29.3 Å². The highest BCUT2D eigenvalue weighted by Crippen LogP contribution is 2.30. The molecule has 0 aromatic heterocycles. The molecule has 7 heteroatoms. The third kappa shape index (κ3) is 5.60. The van der Waals surface area contributed by atoms with E-state index in [0.717, 1.165) is 0 Å². The van der Waals surface area contributed by atoms with Crippen LogP contribution >= 0.6 is 23.2 Å². The second-order valence-electron chi connectivity index (χ2n) is 8.00. The van der Waals surface area contributed by atoms with Crippen LogP contribution in [-0.4, -0.2) is 41.9 Å². The van der Waals surface area contributed by atoms with Gasteiger partial charge in [0.05, 0.1) is 16.1 Å². The zero-order chi connectivity index (χ0) is 23.9. The normalized spacial score (nSPS) is 14.6. The second-order valence-corrected chi connectivity index (χ2v) is 8.81. The van der Waals surface area contributed by atoms with Gasteiger partial charge in [0.1, 0.15) is 11.6 Å². The van der Waals surface area contributed by atoms with Crippen molar-refractivity contribution in [3.63, 3.8) is 0 Å². The maximum Gasteiger partial charge on any atom is 0.266 e. The number of amides is 1. The molecule has 1 amide bonds. The highest BCUT2D eigenvalue weighted by atomic mass is 35.5. The lowest BCUT2D eigenvalue weighted by atomic mass is 9.96. The number of halogens is 2. The summed E-state index contributed by atoms with van der Waals surface area (Å²) >= 11 is 12.0. The third-order valence-electron chi connectivity index (χ3n) is 5.85. The molecule has 1 saturated heterocycles. The third-order valence-corrected chi connectivity index (χ3v) is 6.59. The lowest BCUT2D eigenvalue weighted by molar-refractivity contribution is -0.128. The minimum Gasteiger partial charge on any atom is -0.360 e. The van der Waals surface area contributed by atoms with Gasteiger partial charge in [-0.15, -0.1) is 0 Å². The van der Waals surface area contributed by atoms with Gasteiger partial charge in [-0.25, -0.2) is 0 Å². The van der Waals surface area contributed by atoms with Crippen LogP contribution in [0, 0.1) is 11.3 Å². The molecule has 0 spiro atoms. The fourth-order valence-corrected chi connectivity index (χ4v) is 4.42. The minimum atomic E-state index is -0.286. The summed E-state index contributed by atoms with van der Waals surface area (Å²) in [7, 11) is 0. The Morgan fingerprint density at radius 3 is 2.00 bits per heavy atom. The number of hydrogen-bond donors (Lipinski definition) is 1. The van der Waals surface area contributed by atoms with Gasteiger partial charge in [-0.2, -0.15) is 5.26 Å². The Balaban J connectivity index is 1.44. The number of benzene rings is 3. The van der Waals surface area contributed by atoms with E-state index in [2.05, 4.69) is 58.7 Å². The van der Waals surface area contributed by atoms with Crippen molar-refractivity contribution in [2.24, 2.45) is 0 Å². The SMILES string of the molecule is N#C/C(=C/Nc1ccc(Cl)c(Cl)c1)C(=O)N1CCN(C(c2ccccc2)c2ccccc2)CC1. The van der Waals surface area contributed by atoms with Gasteiger partial charge in [0.2, 0.25) is 0 Å². The number of nitrogens with zero attached hydrogens (tertiary/aromatic N) is 3. The maximum atomic E-state index is 13.0. The fourth-order valence-electron chi connectivity index (χ4n) is 4.12. The Morgan fingerprint density at radius 2 is 1.47 bits per heavy atom. The molecule has 0 aliphatic carbocycles. The smallest absolute Gasteiger partial charge is 0.266 e. The van der Waals surface area contributed by atoms with Gasteiger partial charge in [-0.1, -0.05) is 83.9 Å². The average Bonchev–Trinajstić information content (AvgIpc) is 2.88. The maximum absolute atomic E-state index is 13.0.